The second kappa shape index (κ2) is 12.4. The maximum atomic E-state index is 5.39. The van der Waals surface area contributed by atoms with Gasteiger partial charge < -0.3 is 0 Å². The molecule has 39 heavy (non-hydrogen) atoms. The minimum atomic E-state index is -0.824. The van der Waals surface area contributed by atoms with Crippen molar-refractivity contribution in [3.8, 4) is 0 Å². The van der Waals surface area contributed by atoms with Crippen molar-refractivity contribution in [3.05, 3.63) is 76.1 Å². The second-order valence-electron chi connectivity index (χ2n) is 12.4. The van der Waals surface area contributed by atoms with Crippen LogP contribution in [0.15, 0.2) is 41.9 Å². The average molecular weight is 574 g/mol. The SMILES string of the molecule is C=CC=[CH][Mn][C](n1nc(C(C)C)cc1C(C)C)(n1nc(C(C)C)cc1C(C)C)n1nc(C(C)C)cc1C(C)C. The molecule has 0 amide bonds. The van der Waals surface area contributed by atoms with Crippen LogP contribution >= 0.6 is 0 Å². The zero-order chi connectivity index (χ0) is 29.2. The van der Waals surface area contributed by atoms with Crippen LogP contribution in [0.1, 0.15) is 153 Å². The van der Waals surface area contributed by atoms with Gasteiger partial charge in [0.05, 0.1) is 0 Å². The van der Waals surface area contributed by atoms with E-state index in [4.69, 9.17) is 15.3 Å². The van der Waals surface area contributed by atoms with Crippen molar-refractivity contribution in [3.63, 3.8) is 0 Å². The summed E-state index contributed by atoms with van der Waals surface area (Å²) >= 11 is 0.227. The summed E-state index contributed by atoms with van der Waals surface area (Å²) in [4.78, 5) is 2.22. The van der Waals surface area contributed by atoms with Crippen molar-refractivity contribution in [2.24, 2.45) is 0 Å². The zero-order valence-corrected chi connectivity index (χ0v) is 27.4. The topological polar surface area (TPSA) is 53.5 Å². The number of allylic oxidation sites excluding steroid dienone is 2. The summed E-state index contributed by atoms with van der Waals surface area (Å²) in [6.45, 7) is 30.8. The molecule has 0 fully saturated rings. The molecule has 0 atom stereocenters. The fourth-order valence-electron chi connectivity index (χ4n) is 4.59. The van der Waals surface area contributed by atoms with Gasteiger partial charge in [0.25, 0.3) is 0 Å². The molecule has 0 unspecified atom stereocenters. The number of hydrogen-bond acceptors (Lipinski definition) is 3. The van der Waals surface area contributed by atoms with Gasteiger partial charge in [-0.3, -0.25) is 0 Å². The maximum absolute atomic E-state index is 5.39. The van der Waals surface area contributed by atoms with E-state index in [1.165, 1.54) is 17.1 Å². The van der Waals surface area contributed by atoms with Crippen LogP contribution in [0, 0.1) is 0 Å². The molecule has 3 rings (SSSR count). The van der Waals surface area contributed by atoms with E-state index in [9.17, 15) is 0 Å². The Morgan fingerprint density at radius 3 is 1.13 bits per heavy atom. The van der Waals surface area contributed by atoms with Crippen LogP contribution in [0.3, 0.4) is 0 Å². The predicted molar refractivity (Wildman–Crippen MR) is 159 cm³/mol. The summed E-state index contributed by atoms with van der Waals surface area (Å²) in [5, 5.41) is 16.2. The molecule has 0 N–H and O–H groups in total. The Bertz CT molecular complexity index is 1140. The molecule has 0 aromatic carbocycles. The first kappa shape index (κ1) is 31.2. The van der Waals surface area contributed by atoms with Gasteiger partial charge in [-0.2, -0.15) is 0 Å². The Morgan fingerprint density at radius 1 is 0.590 bits per heavy atom. The molecule has 7 heteroatoms. The van der Waals surface area contributed by atoms with Gasteiger partial charge in [0.1, 0.15) is 0 Å². The minimum absolute atomic E-state index is 0.227. The van der Waals surface area contributed by atoms with E-state index >= 15 is 0 Å². The molecular formula is C32H50MnN6. The Morgan fingerprint density at radius 2 is 0.897 bits per heavy atom. The molecule has 0 aliphatic rings. The van der Waals surface area contributed by atoms with Gasteiger partial charge >= 0.3 is 244 Å². The van der Waals surface area contributed by atoms with Crippen molar-refractivity contribution < 1.29 is 15.0 Å². The van der Waals surface area contributed by atoms with Gasteiger partial charge in [-0.25, -0.2) is 0 Å². The molecule has 0 spiro atoms. The van der Waals surface area contributed by atoms with Gasteiger partial charge in [-0.15, -0.1) is 0 Å². The van der Waals surface area contributed by atoms with E-state index in [2.05, 4.69) is 127 Å². The molecule has 6 nitrogen and oxygen atoms in total. The van der Waals surface area contributed by atoms with Crippen LogP contribution in [-0.2, 0) is 19.6 Å². The van der Waals surface area contributed by atoms with Crippen LogP contribution in [0.4, 0.5) is 0 Å². The summed E-state index contributed by atoms with van der Waals surface area (Å²) in [7, 11) is 0. The second-order valence-corrected chi connectivity index (χ2v) is 13.9. The van der Waals surface area contributed by atoms with Gasteiger partial charge in [0, 0.05) is 0 Å². The molecule has 0 radical (unpaired) electrons. The Labute approximate surface area is 243 Å². The Hall–Kier alpha value is -2.37. The van der Waals surface area contributed by atoms with Crippen LogP contribution in [-0.4, -0.2) is 29.3 Å². The normalized spacial score (nSPS) is 13.1. The van der Waals surface area contributed by atoms with Crippen molar-refractivity contribution in [1.29, 1.82) is 0 Å². The summed E-state index contributed by atoms with van der Waals surface area (Å²) in [6.07, 6.45) is 3.89. The molecule has 0 saturated carbocycles. The molecule has 0 aliphatic heterocycles. The molecule has 3 aromatic heterocycles. The van der Waals surface area contributed by atoms with Crippen molar-refractivity contribution >= 4 is 0 Å². The van der Waals surface area contributed by atoms with Gasteiger partial charge in [0.15, 0.2) is 0 Å². The number of rotatable bonds is 12. The quantitative estimate of drug-likeness (QED) is 0.161. The zero-order valence-electron chi connectivity index (χ0n) is 26.2. The van der Waals surface area contributed by atoms with E-state index in [1.807, 2.05) is 12.2 Å². The summed E-state index contributed by atoms with van der Waals surface area (Å²) in [6, 6.07) is 6.86. The number of hydrogen-bond donors (Lipinski definition) is 0. The van der Waals surface area contributed by atoms with E-state index in [0.717, 1.165) is 17.1 Å². The summed E-state index contributed by atoms with van der Waals surface area (Å²) in [5.74, 6) is 1.71. The third kappa shape index (κ3) is 6.05. The van der Waals surface area contributed by atoms with Crippen molar-refractivity contribution in [1.82, 2.24) is 29.3 Å². The van der Waals surface area contributed by atoms with Gasteiger partial charge in [-0.1, -0.05) is 0 Å². The Balaban J connectivity index is 2.65. The first-order chi connectivity index (χ1) is 18.3. The van der Waals surface area contributed by atoms with E-state index in [1.54, 1.807) is 0 Å². The van der Waals surface area contributed by atoms with Gasteiger partial charge in [-0.05, 0) is 0 Å². The van der Waals surface area contributed by atoms with Crippen LogP contribution in [0.2, 0.25) is 0 Å². The molecule has 3 heterocycles. The first-order valence-electron chi connectivity index (χ1n) is 14.5. The van der Waals surface area contributed by atoms with E-state index in [-0.39, 0.29) is 32.7 Å². The van der Waals surface area contributed by atoms with E-state index < -0.39 is 4.69 Å². The third-order valence-corrected chi connectivity index (χ3v) is 8.67. The van der Waals surface area contributed by atoms with Crippen LogP contribution in [0.25, 0.3) is 0 Å². The monoisotopic (exact) mass is 573 g/mol. The summed E-state index contributed by atoms with van der Waals surface area (Å²) < 4.78 is 5.94. The standard InChI is InChI=1S/C28H45N6.C4H5.Mn/c1-16(2)22-13-25(19(7)8)32(29-22)28(33-26(20(9)10)14-23(30-33)17(3)4)34-27(21(11)12)15-24(31-34)18(5)6;1-3-4-2;/h13-21H,1-12H3;1,3-4H,2H2;. The predicted octanol–water partition coefficient (Wildman–Crippen LogP) is 8.46. The molecule has 3 aromatic rings. The van der Waals surface area contributed by atoms with Gasteiger partial charge in [0.2, 0.25) is 0 Å². The fourth-order valence-corrected chi connectivity index (χ4v) is 6.19. The van der Waals surface area contributed by atoms with E-state index in [0.29, 0.717) is 17.8 Å². The third-order valence-electron chi connectivity index (χ3n) is 7.04. The van der Waals surface area contributed by atoms with Crippen molar-refractivity contribution in [2.45, 2.75) is 123 Å². The average Bonchev–Trinajstić information content (AvgIpc) is 3.59. The summed E-state index contributed by atoms with van der Waals surface area (Å²) in [5.41, 5.74) is 6.83. The first-order valence-corrected chi connectivity index (χ1v) is 15.8. The van der Waals surface area contributed by atoms with Crippen molar-refractivity contribution in [2.75, 3.05) is 0 Å². The molecular weight excluding hydrogens is 523 g/mol. The fraction of sp³-hybridized carbons (Fsp3) is 0.594. The number of nitrogens with zero attached hydrogens (tertiary/aromatic N) is 6. The van der Waals surface area contributed by atoms with Crippen LogP contribution in [0.5, 0.6) is 0 Å². The molecule has 215 valence electrons. The Kier molecular flexibility index (Phi) is 9.93. The number of aromatic nitrogens is 6. The molecule has 0 aliphatic carbocycles. The molecule has 0 saturated heterocycles. The molecule has 0 bridgehead atoms. The van der Waals surface area contributed by atoms with Crippen LogP contribution < -0.4 is 0 Å².